The zero-order valence-electron chi connectivity index (χ0n) is 13.4. The zero-order chi connectivity index (χ0) is 14.6. The van der Waals surface area contributed by atoms with Gasteiger partial charge in [-0.1, -0.05) is 20.8 Å². The second-order valence-electron chi connectivity index (χ2n) is 6.79. The van der Waals surface area contributed by atoms with Crippen molar-refractivity contribution in [1.29, 1.82) is 0 Å². The Morgan fingerprint density at radius 3 is 2.70 bits per heavy atom. The van der Waals surface area contributed by atoms with Crippen LogP contribution in [-0.2, 0) is 6.54 Å². The van der Waals surface area contributed by atoms with E-state index < -0.39 is 0 Å². The first-order valence-corrected chi connectivity index (χ1v) is 7.91. The number of nitrogens with one attached hydrogen (secondary N) is 1. The molecule has 1 aliphatic heterocycles. The standard InChI is InChI=1S/C17H29N3/c1-5-17(4)13-19-16(10-14(2)3)12-20(17)11-15-6-8-18-9-7-15/h6-9,14,16,19H,5,10-13H2,1-4H3. The highest BCUT2D eigenvalue weighted by Crippen LogP contribution is 2.26. The molecular formula is C17H29N3. The van der Waals surface area contributed by atoms with Crippen LogP contribution in [0.3, 0.4) is 0 Å². The number of nitrogens with zero attached hydrogens (tertiary/aromatic N) is 2. The summed E-state index contributed by atoms with van der Waals surface area (Å²) >= 11 is 0. The average Bonchev–Trinajstić information content (AvgIpc) is 2.43. The van der Waals surface area contributed by atoms with Gasteiger partial charge in [-0.25, -0.2) is 0 Å². The minimum Gasteiger partial charge on any atom is -0.311 e. The molecule has 1 saturated heterocycles. The minimum atomic E-state index is 0.261. The van der Waals surface area contributed by atoms with Crippen LogP contribution in [0.2, 0.25) is 0 Å². The summed E-state index contributed by atoms with van der Waals surface area (Å²) in [6.45, 7) is 12.6. The first kappa shape index (κ1) is 15.5. The van der Waals surface area contributed by atoms with Crippen LogP contribution in [-0.4, -0.2) is 34.6 Å². The van der Waals surface area contributed by atoms with Gasteiger partial charge in [0.1, 0.15) is 0 Å². The molecule has 0 spiro atoms. The van der Waals surface area contributed by atoms with E-state index in [-0.39, 0.29) is 5.54 Å². The van der Waals surface area contributed by atoms with Crippen molar-refractivity contribution < 1.29 is 0 Å². The third-order valence-electron chi connectivity index (χ3n) is 4.62. The molecule has 2 heterocycles. The Morgan fingerprint density at radius 1 is 1.40 bits per heavy atom. The van der Waals surface area contributed by atoms with Crippen molar-refractivity contribution in [3.63, 3.8) is 0 Å². The molecule has 1 aromatic heterocycles. The van der Waals surface area contributed by atoms with Crippen molar-refractivity contribution in [1.82, 2.24) is 15.2 Å². The highest BCUT2D eigenvalue weighted by molar-refractivity contribution is 5.11. The van der Waals surface area contributed by atoms with Gasteiger partial charge < -0.3 is 5.32 Å². The summed E-state index contributed by atoms with van der Waals surface area (Å²) in [5.74, 6) is 0.751. The molecule has 2 unspecified atom stereocenters. The normalized spacial score (nSPS) is 27.9. The summed E-state index contributed by atoms with van der Waals surface area (Å²) in [5.41, 5.74) is 1.63. The van der Waals surface area contributed by atoms with E-state index in [1.165, 1.54) is 18.4 Å². The molecule has 1 aliphatic rings. The van der Waals surface area contributed by atoms with Crippen LogP contribution in [0.1, 0.15) is 46.1 Å². The molecular weight excluding hydrogens is 246 g/mol. The largest absolute Gasteiger partial charge is 0.311 e. The van der Waals surface area contributed by atoms with E-state index in [0.29, 0.717) is 6.04 Å². The van der Waals surface area contributed by atoms with E-state index in [1.54, 1.807) is 0 Å². The van der Waals surface area contributed by atoms with Crippen LogP contribution in [0.5, 0.6) is 0 Å². The summed E-state index contributed by atoms with van der Waals surface area (Å²) in [6.07, 6.45) is 6.23. The zero-order valence-corrected chi connectivity index (χ0v) is 13.4. The van der Waals surface area contributed by atoms with Gasteiger partial charge >= 0.3 is 0 Å². The summed E-state index contributed by atoms with van der Waals surface area (Å²) < 4.78 is 0. The Bertz CT molecular complexity index is 404. The van der Waals surface area contributed by atoms with E-state index in [4.69, 9.17) is 0 Å². The molecule has 112 valence electrons. The molecule has 2 atom stereocenters. The predicted molar refractivity (Wildman–Crippen MR) is 84.6 cm³/mol. The first-order chi connectivity index (χ1) is 9.53. The SMILES string of the molecule is CCC1(C)CNC(CC(C)C)CN1Cc1ccncc1. The lowest BCUT2D eigenvalue weighted by atomic mass is 9.89. The van der Waals surface area contributed by atoms with Crippen LogP contribution >= 0.6 is 0 Å². The lowest BCUT2D eigenvalue weighted by molar-refractivity contribution is 0.0372. The van der Waals surface area contributed by atoms with Gasteiger partial charge in [0.05, 0.1) is 0 Å². The van der Waals surface area contributed by atoms with Gasteiger partial charge in [-0.2, -0.15) is 0 Å². The molecule has 0 bridgehead atoms. The monoisotopic (exact) mass is 275 g/mol. The number of pyridine rings is 1. The van der Waals surface area contributed by atoms with E-state index in [2.05, 4.69) is 55.0 Å². The van der Waals surface area contributed by atoms with Gasteiger partial charge in [0.15, 0.2) is 0 Å². The van der Waals surface area contributed by atoms with Crippen molar-refractivity contribution >= 4 is 0 Å². The lowest BCUT2D eigenvalue weighted by Crippen LogP contribution is -2.62. The van der Waals surface area contributed by atoms with E-state index in [0.717, 1.165) is 25.6 Å². The number of piperazine rings is 1. The Morgan fingerprint density at radius 2 is 2.10 bits per heavy atom. The fraction of sp³-hybridized carbons (Fsp3) is 0.706. The summed E-state index contributed by atoms with van der Waals surface area (Å²) in [5, 5.41) is 3.75. The smallest absolute Gasteiger partial charge is 0.0307 e. The van der Waals surface area contributed by atoms with Crippen molar-refractivity contribution in [3.8, 4) is 0 Å². The van der Waals surface area contributed by atoms with Gasteiger partial charge in [-0.15, -0.1) is 0 Å². The Hall–Kier alpha value is -0.930. The van der Waals surface area contributed by atoms with Crippen LogP contribution in [0.4, 0.5) is 0 Å². The van der Waals surface area contributed by atoms with E-state index in [9.17, 15) is 0 Å². The van der Waals surface area contributed by atoms with Gasteiger partial charge in [-0.3, -0.25) is 9.88 Å². The molecule has 1 aromatic rings. The highest BCUT2D eigenvalue weighted by Gasteiger charge is 2.36. The lowest BCUT2D eigenvalue weighted by Gasteiger charge is -2.48. The van der Waals surface area contributed by atoms with Gasteiger partial charge in [-0.05, 0) is 43.4 Å². The maximum absolute atomic E-state index is 4.12. The highest BCUT2D eigenvalue weighted by atomic mass is 15.3. The van der Waals surface area contributed by atoms with Gasteiger partial charge in [0, 0.05) is 43.6 Å². The molecule has 0 saturated carbocycles. The second kappa shape index (κ2) is 6.68. The minimum absolute atomic E-state index is 0.261. The molecule has 3 heteroatoms. The fourth-order valence-corrected chi connectivity index (χ4v) is 3.07. The summed E-state index contributed by atoms with van der Waals surface area (Å²) in [4.78, 5) is 6.78. The Kier molecular flexibility index (Phi) is 5.17. The van der Waals surface area contributed by atoms with Crippen LogP contribution in [0, 0.1) is 5.92 Å². The molecule has 2 rings (SSSR count). The maximum Gasteiger partial charge on any atom is 0.0307 e. The third-order valence-corrected chi connectivity index (χ3v) is 4.62. The van der Waals surface area contributed by atoms with E-state index in [1.807, 2.05) is 12.4 Å². The number of rotatable bonds is 5. The van der Waals surface area contributed by atoms with Crippen LogP contribution in [0.25, 0.3) is 0 Å². The predicted octanol–water partition coefficient (Wildman–Crippen LogP) is 3.07. The molecule has 1 N–H and O–H groups in total. The van der Waals surface area contributed by atoms with Crippen molar-refractivity contribution in [2.45, 2.75) is 58.7 Å². The Labute approximate surface area is 123 Å². The summed E-state index contributed by atoms with van der Waals surface area (Å²) in [6, 6.07) is 4.89. The first-order valence-electron chi connectivity index (χ1n) is 7.91. The van der Waals surface area contributed by atoms with Crippen molar-refractivity contribution in [2.75, 3.05) is 13.1 Å². The maximum atomic E-state index is 4.12. The third kappa shape index (κ3) is 3.80. The van der Waals surface area contributed by atoms with Crippen molar-refractivity contribution in [2.24, 2.45) is 5.92 Å². The molecule has 3 nitrogen and oxygen atoms in total. The molecule has 0 radical (unpaired) electrons. The molecule has 0 aliphatic carbocycles. The average molecular weight is 275 g/mol. The number of hydrogen-bond donors (Lipinski definition) is 1. The molecule has 0 aromatic carbocycles. The van der Waals surface area contributed by atoms with Crippen molar-refractivity contribution in [3.05, 3.63) is 30.1 Å². The molecule has 20 heavy (non-hydrogen) atoms. The van der Waals surface area contributed by atoms with Gasteiger partial charge in [0.25, 0.3) is 0 Å². The fourth-order valence-electron chi connectivity index (χ4n) is 3.07. The molecule has 1 fully saturated rings. The quantitative estimate of drug-likeness (QED) is 0.895. The van der Waals surface area contributed by atoms with Crippen LogP contribution < -0.4 is 5.32 Å². The Balaban J connectivity index is 2.07. The van der Waals surface area contributed by atoms with Gasteiger partial charge in [0.2, 0.25) is 0 Å². The second-order valence-corrected chi connectivity index (χ2v) is 6.79. The van der Waals surface area contributed by atoms with Crippen LogP contribution in [0.15, 0.2) is 24.5 Å². The van der Waals surface area contributed by atoms with E-state index >= 15 is 0 Å². The summed E-state index contributed by atoms with van der Waals surface area (Å²) in [7, 11) is 0. The molecule has 0 amide bonds. The topological polar surface area (TPSA) is 28.2 Å². The number of aromatic nitrogens is 1. The number of hydrogen-bond acceptors (Lipinski definition) is 3.